The third kappa shape index (κ3) is 12.8. The van der Waals surface area contributed by atoms with Gasteiger partial charge in [-0.15, -0.1) is 6.58 Å². The Bertz CT molecular complexity index is 256. The van der Waals surface area contributed by atoms with Gasteiger partial charge in [-0.1, -0.05) is 33.4 Å². The molecule has 0 saturated carbocycles. The minimum Gasteiger partial charge on any atom is -0.457 e. The fourth-order valence-electron chi connectivity index (χ4n) is 0.697. The highest BCUT2D eigenvalue weighted by Crippen LogP contribution is 2.16. The first-order valence-corrected chi connectivity index (χ1v) is 5.67. The van der Waals surface area contributed by atoms with Gasteiger partial charge in [0.15, 0.2) is 0 Å². The molecule has 0 aromatic rings. The van der Waals surface area contributed by atoms with Crippen molar-refractivity contribution in [2.75, 3.05) is 0 Å². The van der Waals surface area contributed by atoms with E-state index in [2.05, 4.69) is 33.9 Å². The molecular weight excluding hydrogens is 214 g/mol. The van der Waals surface area contributed by atoms with Gasteiger partial charge in [0.2, 0.25) is 0 Å². The lowest BCUT2D eigenvalue weighted by Gasteiger charge is -2.23. The SMILES string of the molecule is C=CC(=O)OC(C)(C)C.C=C[C@H](N)C(C)(C)C. The van der Waals surface area contributed by atoms with E-state index in [0.717, 1.165) is 6.08 Å². The van der Waals surface area contributed by atoms with Crippen molar-refractivity contribution in [1.29, 1.82) is 0 Å². The van der Waals surface area contributed by atoms with Gasteiger partial charge in [0.25, 0.3) is 0 Å². The molecule has 3 heteroatoms. The molecule has 0 saturated heterocycles. The molecule has 0 aliphatic heterocycles. The summed E-state index contributed by atoms with van der Waals surface area (Å²) < 4.78 is 4.83. The van der Waals surface area contributed by atoms with Gasteiger partial charge in [-0.05, 0) is 26.2 Å². The Morgan fingerprint density at radius 2 is 1.59 bits per heavy atom. The van der Waals surface area contributed by atoms with Crippen LogP contribution in [0.5, 0.6) is 0 Å². The number of hydrogen-bond acceptors (Lipinski definition) is 3. The molecule has 0 aromatic carbocycles. The summed E-state index contributed by atoms with van der Waals surface area (Å²) in [5, 5.41) is 0. The van der Waals surface area contributed by atoms with Crippen molar-refractivity contribution in [1.82, 2.24) is 0 Å². The van der Waals surface area contributed by atoms with Gasteiger partial charge in [0, 0.05) is 12.1 Å². The van der Waals surface area contributed by atoms with Gasteiger partial charge in [0.1, 0.15) is 5.60 Å². The van der Waals surface area contributed by atoms with E-state index in [4.69, 9.17) is 10.5 Å². The van der Waals surface area contributed by atoms with Crippen molar-refractivity contribution in [3.05, 3.63) is 25.3 Å². The van der Waals surface area contributed by atoms with Crippen LogP contribution in [0.3, 0.4) is 0 Å². The molecule has 0 amide bonds. The second-order valence-electron chi connectivity index (χ2n) is 5.87. The lowest BCUT2D eigenvalue weighted by Crippen LogP contribution is -2.32. The van der Waals surface area contributed by atoms with Crippen LogP contribution in [0.25, 0.3) is 0 Å². The highest BCUT2D eigenvalue weighted by atomic mass is 16.6. The van der Waals surface area contributed by atoms with Crippen molar-refractivity contribution in [2.24, 2.45) is 11.1 Å². The maximum absolute atomic E-state index is 10.5. The van der Waals surface area contributed by atoms with E-state index in [1.807, 2.05) is 20.8 Å². The first-order valence-electron chi connectivity index (χ1n) is 5.67. The molecule has 0 aliphatic carbocycles. The van der Waals surface area contributed by atoms with E-state index in [-0.39, 0.29) is 17.4 Å². The number of carbonyl (C=O) groups is 1. The average Bonchev–Trinajstić information content (AvgIpc) is 2.13. The van der Waals surface area contributed by atoms with Crippen LogP contribution in [0.2, 0.25) is 0 Å². The summed E-state index contributed by atoms with van der Waals surface area (Å²) in [5.41, 5.74) is 5.40. The van der Waals surface area contributed by atoms with Crippen molar-refractivity contribution in [3.8, 4) is 0 Å². The molecule has 0 rings (SSSR count). The zero-order valence-electron chi connectivity index (χ0n) is 12.0. The fraction of sp³-hybridized carbons (Fsp3) is 0.643. The Labute approximate surface area is 106 Å². The highest BCUT2D eigenvalue weighted by Gasteiger charge is 2.16. The van der Waals surface area contributed by atoms with Crippen molar-refractivity contribution < 1.29 is 9.53 Å². The lowest BCUT2D eigenvalue weighted by molar-refractivity contribution is -0.148. The fourth-order valence-corrected chi connectivity index (χ4v) is 0.697. The summed E-state index contributed by atoms with van der Waals surface area (Å²) >= 11 is 0. The standard InChI is InChI=1S/C7H15N.C7H12O2/c1-5-6(8)7(2,3)4;1-5-6(8)9-7(2,3)4/h5-6H,1,8H2,2-4H3;5H,1H2,2-4H3/t6-;/m0./s1. The van der Waals surface area contributed by atoms with Gasteiger partial charge >= 0.3 is 5.97 Å². The smallest absolute Gasteiger partial charge is 0.330 e. The maximum Gasteiger partial charge on any atom is 0.330 e. The molecule has 0 spiro atoms. The van der Waals surface area contributed by atoms with Crippen LogP contribution in [0.1, 0.15) is 41.5 Å². The number of esters is 1. The Hall–Kier alpha value is -1.09. The quantitative estimate of drug-likeness (QED) is 0.459. The molecule has 0 radical (unpaired) electrons. The van der Waals surface area contributed by atoms with Gasteiger partial charge in [-0.25, -0.2) is 4.79 Å². The summed E-state index contributed by atoms with van der Waals surface area (Å²) in [6.45, 7) is 18.6. The Kier molecular flexibility index (Phi) is 7.83. The van der Waals surface area contributed by atoms with Crippen LogP contribution in [0.4, 0.5) is 0 Å². The normalized spacial score (nSPS) is 12.9. The van der Waals surface area contributed by atoms with E-state index in [9.17, 15) is 4.79 Å². The van der Waals surface area contributed by atoms with E-state index in [0.29, 0.717) is 0 Å². The molecule has 0 bridgehead atoms. The van der Waals surface area contributed by atoms with Gasteiger partial charge in [-0.3, -0.25) is 0 Å². The first kappa shape index (κ1) is 18.3. The minimum absolute atomic E-state index is 0.113. The zero-order valence-corrected chi connectivity index (χ0v) is 12.0. The summed E-state index contributed by atoms with van der Waals surface area (Å²) in [7, 11) is 0. The largest absolute Gasteiger partial charge is 0.457 e. The van der Waals surface area contributed by atoms with Crippen LogP contribution in [-0.4, -0.2) is 17.6 Å². The summed E-state index contributed by atoms with van der Waals surface area (Å²) in [6.07, 6.45) is 2.94. The summed E-state index contributed by atoms with van der Waals surface area (Å²) in [5.74, 6) is -0.373. The van der Waals surface area contributed by atoms with Crippen molar-refractivity contribution >= 4 is 5.97 Å². The van der Waals surface area contributed by atoms with Crippen LogP contribution in [0.15, 0.2) is 25.3 Å². The summed E-state index contributed by atoms with van der Waals surface area (Å²) in [6, 6.07) is 0.113. The third-order valence-corrected chi connectivity index (χ3v) is 1.83. The van der Waals surface area contributed by atoms with Gasteiger partial charge < -0.3 is 10.5 Å². The number of hydrogen-bond donors (Lipinski definition) is 1. The van der Waals surface area contributed by atoms with E-state index in [1.54, 1.807) is 6.08 Å². The molecular formula is C14H27NO2. The molecule has 2 N–H and O–H groups in total. The van der Waals surface area contributed by atoms with Crippen LogP contribution in [0, 0.1) is 5.41 Å². The number of carbonyl (C=O) groups excluding carboxylic acids is 1. The Balaban J connectivity index is 0. The maximum atomic E-state index is 10.5. The number of rotatable bonds is 2. The predicted molar refractivity (Wildman–Crippen MR) is 73.7 cm³/mol. The molecule has 0 aliphatic rings. The first-order chi connectivity index (χ1) is 7.44. The van der Waals surface area contributed by atoms with E-state index < -0.39 is 5.60 Å². The molecule has 3 nitrogen and oxygen atoms in total. The Morgan fingerprint density at radius 3 is 1.65 bits per heavy atom. The van der Waals surface area contributed by atoms with E-state index in [1.165, 1.54) is 0 Å². The monoisotopic (exact) mass is 241 g/mol. The average molecular weight is 241 g/mol. The van der Waals surface area contributed by atoms with Crippen LogP contribution >= 0.6 is 0 Å². The predicted octanol–water partition coefficient (Wildman–Crippen LogP) is 3.06. The van der Waals surface area contributed by atoms with Gasteiger partial charge in [-0.2, -0.15) is 0 Å². The summed E-state index contributed by atoms with van der Waals surface area (Å²) in [4.78, 5) is 10.5. The van der Waals surface area contributed by atoms with Crippen molar-refractivity contribution in [3.63, 3.8) is 0 Å². The molecule has 17 heavy (non-hydrogen) atoms. The molecule has 0 aromatic heterocycles. The molecule has 1 atom stereocenters. The molecule has 0 heterocycles. The zero-order chi connectivity index (χ0) is 14.3. The second-order valence-corrected chi connectivity index (χ2v) is 5.87. The van der Waals surface area contributed by atoms with Gasteiger partial charge in [0.05, 0.1) is 0 Å². The number of ether oxygens (including phenoxy) is 1. The molecule has 0 fully saturated rings. The van der Waals surface area contributed by atoms with Crippen molar-refractivity contribution in [2.45, 2.75) is 53.2 Å². The number of nitrogens with two attached hydrogens (primary N) is 1. The van der Waals surface area contributed by atoms with Crippen LogP contribution < -0.4 is 5.73 Å². The second kappa shape index (κ2) is 7.28. The molecule has 0 unspecified atom stereocenters. The third-order valence-electron chi connectivity index (χ3n) is 1.83. The highest BCUT2D eigenvalue weighted by molar-refractivity contribution is 5.81. The Morgan fingerprint density at radius 1 is 1.18 bits per heavy atom. The molecule has 100 valence electrons. The lowest BCUT2D eigenvalue weighted by atomic mass is 9.88. The van der Waals surface area contributed by atoms with Crippen LogP contribution in [-0.2, 0) is 9.53 Å². The van der Waals surface area contributed by atoms with E-state index >= 15 is 0 Å². The minimum atomic E-state index is -0.398. The topological polar surface area (TPSA) is 52.3 Å².